The van der Waals surface area contributed by atoms with Gasteiger partial charge in [0.25, 0.3) is 0 Å². The Morgan fingerprint density at radius 3 is 1.32 bits per heavy atom. The van der Waals surface area contributed by atoms with Gasteiger partial charge in [-0.25, -0.2) is 0 Å². The number of aliphatic hydroxyl groups is 5. The maximum atomic E-state index is 12.7. The summed E-state index contributed by atoms with van der Waals surface area (Å²) in [5.41, 5.74) is 0. The largest absolute Gasteiger partial charge is 0.394 e. The van der Waals surface area contributed by atoms with Crippen molar-refractivity contribution in [2.24, 2.45) is 0 Å². The van der Waals surface area contributed by atoms with E-state index in [0.717, 1.165) is 44.9 Å². The predicted octanol–water partition coefficient (Wildman–Crippen LogP) is 11.3. The molecule has 6 N–H and O–H groups in total. The fraction of sp³-hybridized carbons (Fsp3) is 0.940. The van der Waals surface area contributed by atoms with Crippen LogP contribution in [-0.4, -0.2) is 87.5 Å². The molecule has 1 fully saturated rings. The molecule has 59 heavy (non-hydrogen) atoms. The molecule has 0 aromatic heterocycles. The van der Waals surface area contributed by atoms with Crippen LogP contribution in [-0.2, 0) is 14.3 Å². The van der Waals surface area contributed by atoms with E-state index in [1.807, 2.05) is 6.08 Å². The van der Waals surface area contributed by atoms with Crippen LogP contribution in [0.5, 0.6) is 0 Å². The second-order valence-corrected chi connectivity index (χ2v) is 18.0. The lowest BCUT2D eigenvalue weighted by molar-refractivity contribution is -0.302. The van der Waals surface area contributed by atoms with Gasteiger partial charge in [-0.05, 0) is 19.3 Å². The standard InChI is InChI=1S/C50H97NO8/c1-3-5-7-9-10-11-12-13-14-15-16-17-18-19-20-21-22-23-24-25-26-27-28-29-30-31-32-33-34-35-36-37-39-44(53)43(51-46(54)40-38-8-6-4-2)42-58-50-49(57)48(56)47(55)45(41-52)59-50/h37,39,43-45,47-50,52-53,55-57H,3-36,38,40-42H2,1-2H3,(H,51,54)/b39-37+. The Morgan fingerprint density at radius 1 is 0.559 bits per heavy atom. The summed E-state index contributed by atoms with van der Waals surface area (Å²) in [4.78, 5) is 12.7. The van der Waals surface area contributed by atoms with Gasteiger partial charge >= 0.3 is 0 Å². The first kappa shape index (κ1) is 55.9. The molecule has 1 aliphatic heterocycles. The van der Waals surface area contributed by atoms with Crippen LogP contribution in [0.4, 0.5) is 0 Å². The van der Waals surface area contributed by atoms with Crippen molar-refractivity contribution in [3.63, 3.8) is 0 Å². The van der Waals surface area contributed by atoms with Gasteiger partial charge in [0, 0.05) is 6.42 Å². The smallest absolute Gasteiger partial charge is 0.220 e. The fourth-order valence-electron chi connectivity index (χ4n) is 8.28. The maximum Gasteiger partial charge on any atom is 0.220 e. The second-order valence-electron chi connectivity index (χ2n) is 18.0. The van der Waals surface area contributed by atoms with Crippen molar-refractivity contribution in [1.82, 2.24) is 5.32 Å². The SMILES string of the molecule is CCCCCCCCCCCCCCCCCCCCCCCCCCCCCCCC/C=C/C(O)C(COC1OC(CO)C(O)C(O)C1O)NC(=O)CCCCCC. The van der Waals surface area contributed by atoms with E-state index < -0.39 is 49.5 Å². The molecule has 7 unspecified atom stereocenters. The van der Waals surface area contributed by atoms with Gasteiger partial charge in [0.2, 0.25) is 5.91 Å². The van der Waals surface area contributed by atoms with Gasteiger partial charge in [0.15, 0.2) is 6.29 Å². The summed E-state index contributed by atoms with van der Waals surface area (Å²) >= 11 is 0. The number of amides is 1. The highest BCUT2D eigenvalue weighted by Gasteiger charge is 2.44. The third kappa shape index (κ3) is 31.4. The quantitative estimate of drug-likeness (QED) is 0.0263. The van der Waals surface area contributed by atoms with Gasteiger partial charge in [0.05, 0.1) is 25.4 Å². The summed E-state index contributed by atoms with van der Waals surface area (Å²) in [5, 5.41) is 53.8. The van der Waals surface area contributed by atoms with Crippen molar-refractivity contribution in [2.75, 3.05) is 13.2 Å². The van der Waals surface area contributed by atoms with Crippen LogP contribution in [0, 0.1) is 0 Å². The van der Waals surface area contributed by atoms with E-state index >= 15 is 0 Å². The molecule has 0 spiro atoms. The first-order valence-corrected chi connectivity index (χ1v) is 25.4. The Labute approximate surface area is 363 Å². The summed E-state index contributed by atoms with van der Waals surface area (Å²) in [6.07, 6.45) is 42.3. The number of nitrogens with one attached hydrogen (secondary N) is 1. The molecule has 9 heteroatoms. The van der Waals surface area contributed by atoms with E-state index in [1.54, 1.807) is 6.08 Å². The van der Waals surface area contributed by atoms with Gasteiger partial charge < -0.3 is 40.3 Å². The molecule has 1 heterocycles. The highest BCUT2D eigenvalue weighted by atomic mass is 16.7. The van der Waals surface area contributed by atoms with E-state index in [9.17, 15) is 30.3 Å². The average Bonchev–Trinajstić information content (AvgIpc) is 3.23. The van der Waals surface area contributed by atoms with Crippen LogP contribution in [0.25, 0.3) is 0 Å². The summed E-state index contributed by atoms with van der Waals surface area (Å²) in [6.45, 7) is 3.66. The highest BCUT2D eigenvalue weighted by molar-refractivity contribution is 5.76. The van der Waals surface area contributed by atoms with Crippen molar-refractivity contribution in [2.45, 2.75) is 288 Å². The molecule has 0 saturated carbocycles. The van der Waals surface area contributed by atoms with E-state index in [-0.39, 0.29) is 12.5 Å². The third-order valence-corrected chi connectivity index (χ3v) is 12.4. The van der Waals surface area contributed by atoms with E-state index in [4.69, 9.17) is 9.47 Å². The molecular formula is C50H97NO8. The lowest BCUT2D eigenvalue weighted by atomic mass is 9.99. The number of hydrogen-bond acceptors (Lipinski definition) is 8. The number of unbranched alkanes of at least 4 members (excludes halogenated alkanes) is 33. The number of carbonyl (C=O) groups is 1. The lowest BCUT2D eigenvalue weighted by Gasteiger charge is -2.40. The Hall–Kier alpha value is -1.07. The minimum Gasteiger partial charge on any atom is -0.394 e. The molecular weight excluding hydrogens is 743 g/mol. The second kappa shape index (κ2) is 41.0. The molecule has 350 valence electrons. The number of carbonyl (C=O) groups excluding carboxylic acids is 1. The zero-order valence-corrected chi connectivity index (χ0v) is 38.5. The molecule has 0 bridgehead atoms. The van der Waals surface area contributed by atoms with Gasteiger partial charge in [-0.1, -0.05) is 231 Å². The van der Waals surface area contributed by atoms with Gasteiger partial charge in [-0.2, -0.15) is 0 Å². The van der Waals surface area contributed by atoms with E-state index in [1.165, 1.54) is 180 Å². The van der Waals surface area contributed by atoms with Crippen LogP contribution >= 0.6 is 0 Å². The molecule has 0 aliphatic carbocycles. The van der Waals surface area contributed by atoms with Gasteiger partial charge in [-0.15, -0.1) is 0 Å². The molecule has 1 aliphatic rings. The normalized spacial score (nSPS) is 20.7. The van der Waals surface area contributed by atoms with Crippen LogP contribution in [0.1, 0.15) is 245 Å². The minimum atomic E-state index is -1.56. The third-order valence-electron chi connectivity index (χ3n) is 12.4. The maximum absolute atomic E-state index is 12.7. The monoisotopic (exact) mass is 840 g/mol. The summed E-state index contributed by atoms with van der Waals surface area (Å²) in [5.74, 6) is -0.193. The Morgan fingerprint density at radius 2 is 0.932 bits per heavy atom. The number of hydrogen-bond donors (Lipinski definition) is 6. The van der Waals surface area contributed by atoms with Crippen LogP contribution in [0.15, 0.2) is 12.2 Å². The molecule has 0 aromatic rings. The summed E-state index contributed by atoms with van der Waals surface area (Å²) in [7, 11) is 0. The predicted molar refractivity (Wildman–Crippen MR) is 244 cm³/mol. The topological polar surface area (TPSA) is 149 Å². The molecule has 0 radical (unpaired) electrons. The molecule has 1 saturated heterocycles. The summed E-state index contributed by atoms with van der Waals surface area (Å²) in [6, 6.07) is -0.796. The number of allylic oxidation sites excluding steroid dienone is 1. The zero-order chi connectivity index (χ0) is 43.0. The van der Waals surface area contributed by atoms with Crippen LogP contribution in [0.3, 0.4) is 0 Å². The molecule has 1 amide bonds. The zero-order valence-electron chi connectivity index (χ0n) is 38.5. The van der Waals surface area contributed by atoms with Crippen LogP contribution < -0.4 is 5.32 Å². The average molecular weight is 840 g/mol. The van der Waals surface area contributed by atoms with Crippen molar-refractivity contribution in [1.29, 1.82) is 0 Å². The van der Waals surface area contributed by atoms with E-state index in [2.05, 4.69) is 19.2 Å². The Kier molecular flexibility index (Phi) is 38.9. The first-order valence-electron chi connectivity index (χ1n) is 25.4. The van der Waals surface area contributed by atoms with Crippen molar-refractivity contribution in [3.05, 3.63) is 12.2 Å². The van der Waals surface area contributed by atoms with E-state index in [0.29, 0.717) is 6.42 Å². The van der Waals surface area contributed by atoms with Gasteiger partial charge in [-0.3, -0.25) is 4.79 Å². The highest BCUT2D eigenvalue weighted by Crippen LogP contribution is 2.23. The van der Waals surface area contributed by atoms with Gasteiger partial charge in [0.1, 0.15) is 24.4 Å². The fourth-order valence-corrected chi connectivity index (χ4v) is 8.28. The number of ether oxygens (including phenoxy) is 2. The number of aliphatic hydroxyl groups excluding tert-OH is 5. The van der Waals surface area contributed by atoms with Crippen LogP contribution in [0.2, 0.25) is 0 Å². The summed E-state index contributed by atoms with van der Waals surface area (Å²) < 4.78 is 11.1. The molecule has 9 nitrogen and oxygen atoms in total. The lowest BCUT2D eigenvalue weighted by Crippen LogP contribution is -2.60. The Bertz CT molecular complexity index is 935. The van der Waals surface area contributed by atoms with Crippen molar-refractivity contribution >= 4 is 5.91 Å². The van der Waals surface area contributed by atoms with Crippen molar-refractivity contribution < 1.29 is 39.8 Å². The molecule has 1 rings (SSSR count). The number of rotatable bonds is 43. The Balaban J connectivity index is 2.02. The minimum absolute atomic E-state index is 0.186. The molecule has 0 aromatic carbocycles. The van der Waals surface area contributed by atoms with Crippen molar-refractivity contribution in [3.8, 4) is 0 Å². The molecule has 7 atom stereocenters. The first-order chi connectivity index (χ1) is 28.8.